The number of aromatic hydroxyl groups is 1. The van der Waals surface area contributed by atoms with Gasteiger partial charge in [-0.05, 0) is 24.0 Å². The van der Waals surface area contributed by atoms with E-state index in [1.807, 2.05) is 6.07 Å². The van der Waals surface area contributed by atoms with Crippen LogP contribution < -0.4 is 5.32 Å². The van der Waals surface area contributed by atoms with Gasteiger partial charge in [0.2, 0.25) is 0 Å². The quantitative estimate of drug-likeness (QED) is 0.791. The molecule has 2 N–H and O–H groups in total. The Bertz CT molecular complexity index is 338. The van der Waals surface area contributed by atoms with E-state index in [0.717, 1.165) is 31.7 Å². The Balaban J connectivity index is 2.22. The molecule has 1 aliphatic heterocycles. The van der Waals surface area contributed by atoms with E-state index >= 15 is 0 Å². The molecule has 0 bridgehead atoms. The second-order valence-corrected chi connectivity index (χ2v) is 3.95. The summed E-state index contributed by atoms with van der Waals surface area (Å²) in [5.74, 6) is 0.864. The molecular weight excluding hydrogens is 190 g/mol. The molecule has 0 saturated heterocycles. The second kappa shape index (κ2) is 4.64. The number of ether oxygens (including phenoxy) is 1. The van der Waals surface area contributed by atoms with Gasteiger partial charge in [-0.1, -0.05) is 12.1 Å². The number of rotatable bonds is 3. The van der Waals surface area contributed by atoms with Gasteiger partial charge in [0.05, 0.1) is 0 Å². The minimum absolute atomic E-state index is 0.405. The van der Waals surface area contributed by atoms with Crippen LogP contribution in [-0.4, -0.2) is 25.4 Å². The summed E-state index contributed by atoms with van der Waals surface area (Å²) in [5, 5.41) is 13.1. The Morgan fingerprint density at radius 2 is 2.40 bits per heavy atom. The zero-order valence-electron chi connectivity index (χ0n) is 8.99. The molecule has 3 heteroatoms. The van der Waals surface area contributed by atoms with Crippen molar-refractivity contribution in [2.24, 2.45) is 0 Å². The van der Waals surface area contributed by atoms with Crippen LogP contribution in [0.25, 0.3) is 0 Å². The molecular formula is C12H17NO2. The van der Waals surface area contributed by atoms with Crippen molar-refractivity contribution in [3.05, 3.63) is 29.3 Å². The third-order valence-electron chi connectivity index (χ3n) is 2.99. The molecule has 1 atom stereocenters. The van der Waals surface area contributed by atoms with E-state index in [2.05, 4.69) is 11.4 Å². The first kappa shape index (κ1) is 10.5. The zero-order chi connectivity index (χ0) is 10.7. The van der Waals surface area contributed by atoms with E-state index in [9.17, 15) is 5.11 Å². The maximum absolute atomic E-state index is 9.73. The van der Waals surface area contributed by atoms with E-state index < -0.39 is 0 Å². The molecule has 1 heterocycles. The van der Waals surface area contributed by atoms with Gasteiger partial charge in [0.1, 0.15) is 5.75 Å². The minimum atomic E-state index is 0.405. The fourth-order valence-electron chi connectivity index (χ4n) is 2.17. The van der Waals surface area contributed by atoms with Gasteiger partial charge in [-0.25, -0.2) is 0 Å². The van der Waals surface area contributed by atoms with E-state index in [1.54, 1.807) is 13.2 Å². The summed E-state index contributed by atoms with van der Waals surface area (Å²) in [6.45, 7) is 2.51. The number of benzene rings is 1. The summed E-state index contributed by atoms with van der Waals surface area (Å²) >= 11 is 0. The minimum Gasteiger partial charge on any atom is -0.508 e. The predicted octanol–water partition coefficient (Wildman–Crippen LogP) is 1.62. The molecule has 0 fully saturated rings. The van der Waals surface area contributed by atoms with E-state index in [0.29, 0.717) is 11.7 Å². The van der Waals surface area contributed by atoms with Crippen molar-refractivity contribution in [3.8, 4) is 5.75 Å². The van der Waals surface area contributed by atoms with Crippen LogP contribution in [0.1, 0.15) is 23.5 Å². The first-order valence-corrected chi connectivity index (χ1v) is 5.33. The molecule has 0 aromatic heterocycles. The van der Waals surface area contributed by atoms with Gasteiger partial charge in [-0.2, -0.15) is 0 Å². The lowest BCUT2D eigenvalue weighted by Crippen LogP contribution is -2.28. The van der Waals surface area contributed by atoms with Crippen molar-refractivity contribution in [2.45, 2.75) is 18.9 Å². The molecule has 0 radical (unpaired) electrons. The summed E-state index contributed by atoms with van der Waals surface area (Å²) in [5.41, 5.74) is 2.32. The summed E-state index contributed by atoms with van der Waals surface area (Å²) in [4.78, 5) is 0. The Kier molecular flexibility index (Phi) is 3.23. The van der Waals surface area contributed by atoms with Gasteiger partial charge < -0.3 is 15.2 Å². The molecule has 1 aromatic rings. The Labute approximate surface area is 90.1 Å². The summed E-state index contributed by atoms with van der Waals surface area (Å²) in [7, 11) is 1.72. The highest BCUT2D eigenvalue weighted by molar-refractivity contribution is 5.42. The van der Waals surface area contributed by atoms with Crippen LogP contribution in [0.15, 0.2) is 18.2 Å². The molecule has 0 spiro atoms. The van der Waals surface area contributed by atoms with Crippen molar-refractivity contribution in [1.29, 1.82) is 0 Å². The number of hydrogen-bond donors (Lipinski definition) is 2. The normalized spacial score (nSPS) is 19.9. The third kappa shape index (κ3) is 2.13. The van der Waals surface area contributed by atoms with E-state index in [1.165, 1.54) is 5.56 Å². The first-order valence-electron chi connectivity index (χ1n) is 5.33. The largest absolute Gasteiger partial charge is 0.508 e. The highest BCUT2D eigenvalue weighted by Crippen LogP contribution is 2.31. The highest BCUT2D eigenvalue weighted by Gasteiger charge is 2.21. The van der Waals surface area contributed by atoms with Gasteiger partial charge in [0.15, 0.2) is 0 Å². The van der Waals surface area contributed by atoms with Crippen LogP contribution in [0, 0.1) is 0 Å². The van der Waals surface area contributed by atoms with Crippen molar-refractivity contribution in [1.82, 2.24) is 5.32 Å². The Morgan fingerprint density at radius 3 is 3.20 bits per heavy atom. The maximum Gasteiger partial charge on any atom is 0.120 e. The topological polar surface area (TPSA) is 41.5 Å². The van der Waals surface area contributed by atoms with Gasteiger partial charge in [0.25, 0.3) is 0 Å². The standard InChI is InChI=1S/C12H17NO2/c1-15-6-5-9-7-13-8-11-10(9)3-2-4-12(11)14/h2-4,9,13-14H,5-8H2,1H3. The van der Waals surface area contributed by atoms with Gasteiger partial charge in [0, 0.05) is 32.4 Å². The fraction of sp³-hybridized carbons (Fsp3) is 0.500. The average molecular weight is 207 g/mol. The monoisotopic (exact) mass is 207 g/mol. The molecule has 1 aliphatic rings. The maximum atomic E-state index is 9.73. The number of phenolic OH excluding ortho intramolecular Hbond substituents is 1. The fourth-order valence-corrected chi connectivity index (χ4v) is 2.17. The SMILES string of the molecule is COCCC1CNCc2c(O)cccc21. The van der Waals surface area contributed by atoms with Crippen LogP contribution in [0.4, 0.5) is 0 Å². The van der Waals surface area contributed by atoms with Crippen molar-refractivity contribution >= 4 is 0 Å². The highest BCUT2D eigenvalue weighted by atomic mass is 16.5. The first-order chi connectivity index (χ1) is 7.33. The lowest BCUT2D eigenvalue weighted by Gasteiger charge is -2.26. The number of methoxy groups -OCH3 is 1. The molecule has 0 saturated carbocycles. The molecule has 3 nitrogen and oxygen atoms in total. The molecule has 1 unspecified atom stereocenters. The van der Waals surface area contributed by atoms with E-state index in [-0.39, 0.29) is 0 Å². The predicted molar refractivity (Wildman–Crippen MR) is 59.0 cm³/mol. The molecule has 2 rings (SSSR count). The van der Waals surface area contributed by atoms with Crippen LogP contribution in [0.2, 0.25) is 0 Å². The summed E-state index contributed by atoms with van der Waals surface area (Å²) in [6.07, 6.45) is 1.000. The zero-order valence-corrected chi connectivity index (χ0v) is 8.99. The van der Waals surface area contributed by atoms with Crippen LogP contribution >= 0.6 is 0 Å². The van der Waals surface area contributed by atoms with Crippen molar-refractivity contribution in [3.63, 3.8) is 0 Å². The number of hydrogen-bond acceptors (Lipinski definition) is 3. The lowest BCUT2D eigenvalue weighted by atomic mass is 9.88. The summed E-state index contributed by atoms with van der Waals surface area (Å²) < 4.78 is 5.10. The van der Waals surface area contributed by atoms with Crippen molar-refractivity contribution in [2.75, 3.05) is 20.3 Å². The lowest BCUT2D eigenvalue weighted by molar-refractivity contribution is 0.186. The molecule has 0 aliphatic carbocycles. The number of nitrogens with one attached hydrogen (secondary N) is 1. The van der Waals surface area contributed by atoms with Gasteiger partial charge >= 0.3 is 0 Å². The summed E-state index contributed by atoms with van der Waals surface area (Å²) in [6, 6.07) is 5.77. The third-order valence-corrected chi connectivity index (χ3v) is 2.99. The second-order valence-electron chi connectivity index (χ2n) is 3.95. The number of fused-ring (bicyclic) bond motifs is 1. The molecule has 15 heavy (non-hydrogen) atoms. The average Bonchev–Trinajstić information content (AvgIpc) is 2.27. The van der Waals surface area contributed by atoms with Gasteiger partial charge in [-0.3, -0.25) is 0 Å². The Morgan fingerprint density at radius 1 is 1.53 bits per heavy atom. The van der Waals surface area contributed by atoms with Gasteiger partial charge in [-0.15, -0.1) is 0 Å². The van der Waals surface area contributed by atoms with E-state index in [4.69, 9.17) is 4.74 Å². The molecule has 1 aromatic carbocycles. The van der Waals surface area contributed by atoms with Crippen LogP contribution in [0.5, 0.6) is 5.75 Å². The number of phenols is 1. The molecule has 82 valence electrons. The van der Waals surface area contributed by atoms with Crippen LogP contribution in [-0.2, 0) is 11.3 Å². The molecule has 0 amide bonds. The van der Waals surface area contributed by atoms with Crippen molar-refractivity contribution < 1.29 is 9.84 Å². The smallest absolute Gasteiger partial charge is 0.120 e. The Hall–Kier alpha value is -1.06. The van der Waals surface area contributed by atoms with Crippen LogP contribution in [0.3, 0.4) is 0 Å².